The van der Waals surface area contributed by atoms with Gasteiger partial charge < -0.3 is 19.5 Å². The predicted octanol–water partition coefficient (Wildman–Crippen LogP) is 12.6. The average molecular weight is 762 g/mol. The Bertz CT molecular complexity index is 1180. The smallest absolute Gasteiger partial charge is 0.338 e. The molecule has 0 saturated carbocycles. The molecule has 0 aromatic heterocycles. The molecule has 0 heterocycles. The molecule has 2 N–H and O–H groups in total. The summed E-state index contributed by atoms with van der Waals surface area (Å²) in [7, 11) is 0. The Morgan fingerprint density at radius 2 is 0.962 bits per heavy atom. The van der Waals surface area contributed by atoms with Crippen molar-refractivity contribution in [1.29, 1.82) is 0 Å². The van der Waals surface area contributed by atoms with Crippen molar-refractivity contribution in [2.75, 3.05) is 13.2 Å². The van der Waals surface area contributed by atoms with E-state index < -0.39 is 17.0 Å². The summed E-state index contributed by atoms with van der Waals surface area (Å²) in [5.74, 6) is -0.0420. The molecule has 0 spiro atoms. The lowest BCUT2D eigenvalue weighted by atomic mass is 10.1. The van der Waals surface area contributed by atoms with Gasteiger partial charge in [-0.05, 0) is 84.8 Å². The van der Waals surface area contributed by atoms with Crippen LogP contribution in [0.25, 0.3) is 0 Å². The summed E-state index contributed by atoms with van der Waals surface area (Å²) in [6, 6.07) is 7.56. The van der Waals surface area contributed by atoms with E-state index in [9.17, 15) is 13.6 Å². The summed E-state index contributed by atoms with van der Waals surface area (Å²) in [4.78, 5) is 23.3. The molecule has 1 atom stereocenters. The molecule has 0 bridgehead atoms. The summed E-state index contributed by atoms with van der Waals surface area (Å²) in [6.45, 7) is 8.91. The highest BCUT2D eigenvalue weighted by molar-refractivity contribution is 7.79. The van der Waals surface area contributed by atoms with Gasteiger partial charge in [-0.3, -0.25) is 4.21 Å². The third-order valence-electron chi connectivity index (χ3n) is 9.53. The Balaban J connectivity index is 0.00000120. The van der Waals surface area contributed by atoms with Crippen molar-refractivity contribution in [2.45, 2.75) is 193 Å². The third-order valence-corrected chi connectivity index (χ3v) is 10.2. The van der Waals surface area contributed by atoms with E-state index in [-0.39, 0.29) is 28.6 Å². The topological polar surface area (TPSA) is 125 Å². The second-order valence-electron chi connectivity index (χ2n) is 14.5. The van der Waals surface area contributed by atoms with Crippen LogP contribution in [0.2, 0.25) is 0 Å². The molecular formula is C44H73O8S-. The lowest BCUT2D eigenvalue weighted by Gasteiger charge is -2.12. The van der Waals surface area contributed by atoms with Gasteiger partial charge in [-0.25, -0.2) is 14.6 Å². The van der Waals surface area contributed by atoms with Gasteiger partial charge in [0.15, 0.2) is 0 Å². The second-order valence-corrected chi connectivity index (χ2v) is 15.5. The Morgan fingerprint density at radius 3 is 1.38 bits per heavy atom. The molecule has 8 nitrogen and oxygen atoms in total. The molecule has 53 heavy (non-hydrogen) atoms. The number of phenols is 2. The SMILES string of the molecule is CCCCCCCCCCCCCCOOCc1cc(C(=O)OCCCCCCCCCCCCCC)cc(S(=O)[O-])c1.Cc1cc(O)c(C)cc1O. The predicted molar refractivity (Wildman–Crippen MR) is 216 cm³/mol. The van der Waals surface area contributed by atoms with Gasteiger partial charge in [-0.15, -0.1) is 0 Å². The van der Waals surface area contributed by atoms with Gasteiger partial charge in [-0.1, -0.05) is 155 Å². The first-order valence-electron chi connectivity index (χ1n) is 20.8. The maximum absolute atomic E-state index is 12.6. The van der Waals surface area contributed by atoms with Crippen molar-refractivity contribution in [3.63, 3.8) is 0 Å². The number of aromatic hydroxyl groups is 2. The van der Waals surface area contributed by atoms with E-state index in [4.69, 9.17) is 24.7 Å². The van der Waals surface area contributed by atoms with Gasteiger partial charge in [0.2, 0.25) is 0 Å². The number of ether oxygens (including phenoxy) is 1. The van der Waals surface area contributed by atoms with Gasteiger partial charge in [0.25, 0.3) is 0 Å². The molecule has 0 aliphatic heterocycles. The zero-order valence-corrected chi connectivity index (χ0v) is 34.5. The molecule has 0 aliphatic carbocycles. The Morgan fingerprint density at radius 1 is 0.566 bits per heavy atom. The van der Waals surface area contributed by atoms with Crippen molar-refractivity contribution in [2.24, 2.45) is 0 Å². The number of carbonyl (C=O) groups is 1. The van der Waals surface area contributed by atoms with E-state index in [1.165, 1.54) is 134 Å². The number of phenolic OH excluding ortho intramolecular Hbond substituents is 2. The van der Waals surface area contributed by atoms with Crippen LogP contribution >= 0.6 is 0 Å². The highest BCUT2D eigenvalue weighted by Gasteiger charge is 2.12. The van der Waals surface area contributed by atoms with Gasteiger partial charge in [-0.2, -0.15) is 0 Å². The summed E-state index contributed by atoms with van der Waals surface area (Å²) in [5, 5.41) is 18.2. The number of rotatable bonds is 31. The fourth-order valence-corrected chi connectivity index (χ4v) is 6.58. The lowest BCUT2D eigenvalue weighted by molar-refractivity contribution is -0.304. The minimum atomic E-state index is -2.46. The van der Waals surface area contributed by atoms with Crippen LogP contribution in [-0.4, -0.2) is 38.2 Å². The van der Waals surface area contributed by atoms with Crippen LogP contribution in [0.1, 0.15) is 195 Å². The number of hydrogen-bond donors (Lipinski definition) is 2. The van der Waals surface area contributed by atoms with Gasteiger partial charge in [0, 0.05) is 4.90 Å². The number of esters is 1. The van der Waals surface area contributed by atoms with Crippen molar-refractivity contribution >= 4 is 17.0 Å². The first-order chi connectivity index (χ1) is 25.7. The highest BCUT2D eigenvalue weighted by Crippen LogP contribution is 2.25. The fraction of sp³-hybridized carbons (Fsp3) is 0.705. The molecule has 0 amide bonds. The number of benzene rings is 2. The molecule has 0 radical (unpaired) electrons. The van der Waals surface area contributed by atoms with Crippen molar-refractivity contribution < 1.29 is 38.3 Å². The van der Waals surface area contributed by atoms with E-state index in [2.05, 4.69) is 13.8 Å². The van der Waals surface area contributed by atoms with Gasteiger partial charge in [0.1, 0.15) is 18.1 Å². The van der Waals surface area contributed by atoms with E-state index in [0.29, 0.717) is 29.9 Å². The summed E-state index contributed by atoms with van der Waals surface area (Å²) in [6.07, 6.45) is 30.3. The molecular weight excluding hydrogens is 689 g/mol. The highest BCUT2D eigenvalue weighted by atomic mass is 32.2. The maximum atomic E-state index is 12.6. The zero-order chi connectivity index (χ0) is 38.9. The van der Waals surface area contributed by atoms with Crippen molar-refractivity contribution in [3.05, 3.63) is 52.6 Å². The van der Waals surface area contributed by atoms with E-state index in [1.807, 2.05) is 0 Å². The summed E-state index contributed by atoms with van der Waals surface area (Å²) < 4.78 is 28.6. The van der Waals surface area contributed by atoms with Crippen LogP contribution < -0.4 is 0 Å². The molecule has 0 saturated heterocycles. The quantitative estimate of drug-likeness (QED) is 0.0194. The van der Waals surface area contributed by atoms with Crippen molar-refractivity contribution in [1.82, 2.24) is 0 Å². The zero-order valence-electron chi connectivity index (χ0n) is 33.7. The maximum Gasteiger partial charge on any atom is 0.338 e. The number of hydrogen-bond acceptors (Lipinski definition) is 8. The molecule has 0 fully saturated rings. The number of aryl methyl sites for hydroxylation is 2. The minimum absolute atomic E-state index is 0.0411. The van der Waals surface area contributed by atoms with E-state index in [0.717, 1.165) is 32.1 Å². The first-order valence-corrected chi connectivity index (χ1v) is 21.9. The third kappa shape index (κ3) is 26.1. The van der Waals surface area contributed by atoms with Crippen LogP contribution in [0.15, 0.2) is 35.2 Å². The van der Waals surface area contributed by atoms with Gasteiger partial charge in [0.05, 0.1) is 18.8 Å². The molecule has 2 aromatic rings. The number of unbranched alkanes of at least 4 members (excludes halogenated alkanes) is 22. The molecule has 9 heteroatoms. The fourth-order valence-electron chi connectivity index (χ4n) is 6.11. The van der Waals surface area contributed by atoms with Crippen LogP contribution in [0.5, 0.6) is 11.5 Å². The molecule has 2 aromatic carbocycles. The van der Waals surface area contributed by atoms with E-state index in [1.54, 1.807) is 32.0 Å². The monoisotopic (exact) mass is 762 g/mol. The van der Waals surface area contributed by atoms with Gasteiger partial charge >= 0.3 is 5.97 Å². The molecule has 304 valence electrons. The molecule has 1 unspecified atom stereocenters. The summed E-state index contributed by atoms with van der Waals surface area (Å²) in [5.41, 5.74) is 2.18. The Hall–Kier alpha value is -2.46. The summed E-state index contributed by atoms with van der Waals surface area (Å²) >= 11 is -2.46. The molecule has 2 rings (SSSR count). The average Bonchev–Trinajstić information content (AvgIpc) is 3.14. The second kappa shape index (κ2) is 32.9. The largest absolute Gasteiger partial charge is 0.768 e. The van der Waals surface area contributed by atoms with E-state index >= 15 is 0 Å². The van der Waals surface area contributed by atoms with Crippen LogP contribution in [0, 0.1) is 13.8 Å². The minimum Gasteiger partial charge on any atom is -0.768 e. The van der Waals surface area contributed by atoms with Crippen LogP contribution in [0.3, 0.4) is 0 Å². The first kappa shape index (κ1) is 48.6. The Kier molecular flexibility index (Phi) is 30.2. The van der Waals surface area contributed by atoms with Crippen molar-refractivity contribution in [3.8, 4) is 11.5 Å². The number of carbonyl (C=O) groups excluding carboxylic acids is 1. The Labute approximate surface area is 325 Å². The van der Waals surface area contributed by atoms with Crippen LogP contribution in [0.4, 0.5) is 0 Å². The lowest BCUT2D eigenvalue weighted by Crippen LogP contribution is -2.09. The van der Waals surface area contributed by atoms with Crippen LogP contribution in [-0.2, 0) is 32.2 Å². The normalized spacial score (nSPS) is 11.6. The standard InChI is InChI=1S/C36H64O6S.C8H10O2/c1-3-5-7-9-11-13-15-17-19-21-23-25-27-40-36(37)34-29-33(30-35(31-34)43(38)39)32-42-41-28-26-24-22-20-18-16-14-12-10-8-6-4-2;1-5-3-8(10)6(2)4-7(5)9/h29-31H,3-28,32H2,1-2H3,(H,38,39);3-4,9-10H,1-2H3/p-1. The molecule has 0 aliphatic rings.